The minimum absolute atomic E-state index is 0.0487. The first-order chi connectivity index (χ1) is 37.5. The average molecular weight is 1230 g/mol. The first-order valence-corrected chi connectivity index (χ1v) is 33.4. The number of fused-ring (bicyclic) bond motifs is 5. The van der Waals surface area contributed by atoms with Crippen molar-refractivity contribution >= 4 is 103 Å². The summed E-state index contributed by atoms with van der Waals surface area (Å²) in [6.07, 6.45) is -2.38. The topological polar surface area (TPSA) is 406 Å². The largest absolute Gasteiger partial charge is 0.483 e. The molecule has 8 unspecified atom stereocenters. The molecule has 14 atom stereocenters. The van der Waals surface area contributed by atoms with E-state index in [4.69, 9.17) is 42.4 Å². The van der Waals surface area contributed by atoms with E-state index in [0.29, 0.717) is 39.1 Å². The van der Waals surface area contributed by atoms with Gasteiger partial charge in [0.05, 0.1) is 23.7 Å². The number of rotatable bonds is 17. The van der Waals surface area contributed by atoms with Crippen molar-refractivity contribution in [2.24, 2.45) is 16.7 Å². The normalized spacial score (nSPS) is 32.1. The van der Waals surface area contributed by atoms with E-state index < -0.39 is 104 Å². The molecule has 12 N–H and O–H groups in total. The van der Waals surface area contributed by atoms with Gasteiger partial charge in [-0.05, 0) is 103 Å². The molecular weight excluding hydrogens is 1170 g/mol. The first kappa shape index (κ1) is 56.4. The molecule has 28 nitrogen and oxygen atoms in total. The van der Waals surface area contributed by atoms with Crippen molar-refractivity contribution in [3.05, 3.63) is 65.7 Å². The lowest BCUT2D eigenvalue weighted by Crippen LogP contribution is -2.61. The van der Waals surface area contributed by atoms with Gasteiger partial charge >= 0.3 is 15.2 Å². The lowest BCUT2D eigenvalue weighted by molar-refractivity contribution is -0.0973. The Morgan fingerprint density at radius 2 is 1.24 bits per heavy atom. The molecule has 5 aromatic heterocycles. The van der Waals surface area contributed by atoms with Gasteiger partial charge in [0.25, 0.3) is 15.0 Å². The second-order valence-corrected chi connectivity index (χ2v) is 31.8. The summed E-state index contributed by atoms with van der Waals surface area (Å²) in [7, 11) is -19.1. The highest BCUT2D eigenvalue weighted by Gasteiger charge is 2.60. The van der Waals surface area contributed by atoms with E-state index >= 15 is 0 Å². The van der Waals surface area contributed by atoms with Gasteiger partial charge in [0, 0.05) is 29.4 Å². The predicted octanol–water partition coefficient (Wildman–Crippen LogP) is 4.68. The maximum atomic E-state index is 13.0. The Balaban J connectivity index is 0.879. The zero-order chi connectivity index (χ0) is 56.9. The third-order valence-corrected chi connectivity index (χ3v) is 23.6. The summed E-state index contributed by atoms with van der Waals surface area (Å²) < 4.78 is 72.3. The number of nitrogens with zero attached hydrogens (tertiary/aromatic N) is 9. The molecule has 0 radical (unpaired) electrons. The van der Waals surface area contributed by atoms with Crippen molar-refractivity contribution in [3.63, 3.8) is 0 Å². The van der Waals surface area contributed by atoms with E-state index in [1.807, 2.05) is 18.2 Å². The van der Waals surface area contributed by atoms with Crippen LogP contribution < -0.4 is 20.2 Å². The van der Waals surface area contributed by atoms with Gasteiger partial charge in [-0.3, -0.25) is 32.0 Å². The van der Waals surface area contributed by atoms with E-state index in [1.54, 1.807) is 28.8 Å². The molecule has 0 amide bonds. The number of para-hydroxylation sites is 1. The maximum absolute atomic E-state index is 13.0. The minimum atomic E-state index is -4.96. The fraction of sp³-hybridized carbons (Fsp3) is 0.522. The van der Waals surface area contributed by atoms with Gasteiger partial charge in [-0.25, -0.2) is 20.1 Å². The molecule has 430 valence electrons. The average Bonchev–Trinajstić information content (AvgIpc) is 4.13. The summed E-state index contributed by atoms with van der Waals surface area (Å²) in [6, 6.07) is 12.3. The summed E-state index contributed by atoms with van der Waals surface area (Å²) in [5.41, 5.74) is 2.02. The number of hydrogen-bond acceptors (Lipinski definition) is 17. The van der Waals surface area contributed by atoms with Gasteiger partial charge in [-0.1, -0.05) is 32.0 Å². The SMILES string of the molecule is C[C@]12CC3CC(Nc4nc(Cl)nc5c4ncn5[C@@H]4O[C@H](CNP(=O)(O)CP(=O)(O)O)C(O)C4Oc4ccc5c(c4)c4ccccc4n5-c4nc(Cl)nc5c4ncn5[C@@H]4O[C@H](CNP(=O)(O)CP(=O)(O)O)C(O)C4O)(C1)C[C@@](C)(C3)C2. The molecule has 6 aliphatic rings. The lowest BCUT2D eigenvalue weighted by atomic mass is 9.43. The van der Waals surface area contributed by atoms with Crippen LogP contribution in [0.3, 0.4) is 0 Å². The Morgan fingerprint density at radius 3 is 1.88 bits per heavy atom. The molecule has 13 rings (SSSR count). The van der Waals surface area contributed by atoms with Crippen molar-refractivity contribution in [2.75, 3.05) is 30.2 Å². The van der Waals surface area contributed by atoms with Crippen molar-refractivity contribution in [1.29, 1.82) is 0 Å². The number of imidazole rings is 2. The number of aliphatic hydroxyl groups is 3. The molecule has 0 spiro atoms. The van der Waals surface area contributed by atoms with E-state index in [0.717, 1.165) is 25.7 Å². The van der Waals surface area contributed by atoms with Crippen LogP contribution in [-0.4, -0.2) is 155 Å². The van der Waals surface area contributed by atoms with Crippen LogP contribution in [0.2, 0.25) is 10.6 Å². The highest BCUT2D eigenvalue weighted by atomic mass is 35.5. The van der Waals surface area contributed by atoms with E-state index in [1.165, 1.54) is 34.6 Å². The van der Waals surface area contributed by atoms with Gasteiger partial charge in [-0.2, -0.15) is 19.9 Å². The van der Waals surface area contributed by atoms with Crippen molar-refractivity contribution < 1.29 is 77.2 Å². The molecular formula is C46H56Cl2N12O16P4. The summed E-state index contributed by atoms with van der Waals surface area (Å²) >= 11 is 13.3. The summed E-state index contributed by atoms with van der Waals surface area (Å²) in [6.45, 7) is 3.60. The molecule has 34 heteroatoms. The Morgan fingerprint density at radius 1 is 0.675 bits per heavy atom. The number of halogens is 2. The van der Waals surface area contributed by atoms with Crippen LogP contribution >= 0.6 is 53.4 Å². The molecule has 2 saturated heterocycles. The highest BCUT2D eigenvalue weighted by Crippen LogP contribution is 2.67. The third kappa shape index (κ3) is 10.7. The van der Waals surface area contributed by atoms with Crippen LogP contribution in [0.4, 0.5) is 5.82 Å². The number of nitrogens with one attached hydrogen (secondary N) is 3. The van der Waals surface area contributed by atoms with Crippen LogP contribution in [0.25, 0.3) is 50.0 Å². The van der Waals surface area contributed by atoms with Crippen LogP contribution in [0.1, 0.15) is 64.8 Å². The number of benzene rings is 2. The van der Waals surface area contributed by atoms with Crippen LogP contribution in [0.5, 0.6) is 5.75 Å². The molecule has 80 heavy (non-hydrogen) atoms. The number of aromatic nitrogens is 9. The monoisotopic (exact) mass is 1230 g/mol. The summed E-state index contributed by atoms with van der Waals surface area (Å²) in [5, 5.41) is 43.4. The zero-order valence-corrected chi connectivity index (χ0v) is 47.5. The van der Waals surface area contributed by atoms with Crippen LogP contribution in [0.15, 0.2) is 55.1 Å². The van der Waals surface area contributed by atoms with E-state index in [9.17, 15) is 62.9 Å². The van der Waals surface area contributed by atoms with Crippen molar-refractivity contribution in [3.8, 4) is 11.6 Å². The highest BCUT2D eigenvalue weighted by molar-refractivity contribution is 7.72. The molecule has 4 bridgehead atoms. The standard InChI is InChI=1S/C46H56Cl2N12O16P4/c1-44-10-22-11-45(2,15-44)17-46(12-22,16-44)57-36-30-37(54-42(47)53-36)59(18-49-30)41-35(33(62)29(76-41)14-52-78(66,67)21-80(71,72)73)74-23-7-8-27-25(9-23)24-5-3-4-6-26(24)60(27)39-31-38(55-43(48)56-39)58(19-50-31)40-34(63)32(61)28(75-40)13-51-77(64,65)20-79(68,69)70/h3-9,18-19,22,28-29,32-35,40-41,61-63H,10-17,20-21H2,1-2H3,(H2,51,64,65)(H2,52,66,67)(H,53,54,57)(H2,68,69,70)(H2,71,72,73)/t22?,28-,29-,32?,33?,34?,35?,40-,41-,44-,45+,46?/m1/s1. The minimum Gasteiger partial charge on any atom is -0.483 e. The molecule has 6 fully saturated rings. The summed E-state index contributed by atoms with van der Waals surface area (Å²) in [4.78, 5) is 85.7. The Bertz CT molecular complexity index is 3830. The maximum Gasteiger partial charge on any atom is 0.336 e. The number of aliphatic hydroxyl groups excluding tert-OH is 3. The quantitative estimate of drug-likeness (QED) is 0.0435. The molecule has 2 aliphatic heterocycles. The molecule has 4 aliphatic carbocycles. The smallest absolute Gasteiger partial charge is 0.336 e. The summed E-state index contributed by atoms with van der Waals surface area (Å²) in [5.74, 6) is -1.36. The van der Waals surface area contributed by atoms with Gasteiger partial charge in [0.2, 0.25) is 10.6 Å². The van der Waals surface area contributed by atoms with Gasteiger partial charge < -0.3 is 64.2 Å². The number of ether oxygens (including phenoxy) is 3. The first-order valence-electron chi connectivity index (χ1n) is 25.3. The second kappa shape index (κ2) is 19.8. The van der Waals surface area contributed by atoms with E-state index in [2.05, 4.69) is 54.3 Å². The third-order valence-electron chi connectivity index (χ3n) is 15.9. The predicted molar refractivity (Wildman–Crippen MR) is 288 cm³/mol. The van der Waals surface area contributed by atoms with Crippen LogP contribution in [-0.2, 0) is 27.7 Å². The Labute approximate surface area is 463 Å². The molecule has 7 heterocycles. The molecule has 7 aromatic rings. The second-order valence-electron chi connectivity index (χ2n) is 22.8. The van der Waals surface area contributed by atoms with Gasteiger partial charge in [-0.15, -0.1) is 0 Å². The lowest BCUT2D eigenvalue weighted by Gasteiger charge is -2.65. The van der Waals surface area contributed by atoms with Gasteiger partial charge in [0.1, 0.15) is 48.1 Å². The van der Waals surface area contributed by atoms with E-state index in [-0.39, 0.29) is 55.3 Å². The van der Waals surface area contributed by atoms with Gasteiger partial charge in [0.15, 0.2) is 52.5 Å². The zero-order valence-electron chi connectivity index (χ0n) is 42.4. The van der Waals surface area contributed by atoms with Crippen molar-refractivity contribution in [2.45, 2.75) is 107 Å². The van der Waals surface area contributed by atoms with Crippen molar-refractivity contribution in [1.82, 2.24) is 53.8 Å². The van der Waals surface area contributed by atoms with Crippen LogP contribution in [0, 0.1) is 16.7 Å². The number of hydrogen-bond donors (Lipinski definition) is 12. The number of anilines is 1. The fourth-order valence-corrected chi connectivity index (χ4v) is 20.1. The Hall–Kier alpha value is -4.08. The fourth-order valence-electron chi connectivity index (χ4n) is 14.1. The molecule has 4 saturated carbocycles. The molecule has 2 aromatic carbocycles. The Kier molecular flexibility index (Phi) is 13.9.